The van der Waals surface area contributed by atoms with E-state index in [4.69, 9.17) is 10.3 Å². The highest BCUT2D eigenvalue weighted by atomic mass is 32.2. The number of phenols is 1. The number of hydrogen-bond donors (Lipinski definition) is 3. The Bertz CT molecular complexity index is 856. The number of nitrogens with two attached hydrogens (primary N) is 1. The molecule has 0 aliphatic heterocycles. The van der Waals surface area contributed by atoms with E-state index in [2.05, 4.69) is 15.5 Å². The van der Waals surface area contributed by atoms with Crippen molar-refractivity contribution < 1.29 is 14.3 Å². The van der Waals surface area contributed by atoms with Gasteiger partial charge in [-0.05, 0) is 37.3 Å². The molecular formula is C15H15N5O3S. The molecule has 0 unspecified atom stereocenters. The number of hydrogen-bond acceptors (Lipinski definition) is 7. The predicted octanol–water partition coefficient (Wildman–Crippen LogP) is 2.00. The Morgan fingerprint density at radius 1 is 1.33 bits per heavy atom. The molecule has 8 nitrogen and oxygen atoms in total. The van der Waals surface area contributed by atoms with Crippen LogP contribution in [0.5, 0.6) is 5.75 Å². The van der Waals surface area contributed by atoms with Crippen molar-refractivity contribution >= 4 is 23.4 Å². The highest BCUT2D eigenvalue weighted by Gasteiger charge is 2.16. The summed E-state index contributed by atoms with van der Waals surface area (Å²) in [6.07, 6.45) is 1.55. The molecule has 0 radical (unpaired) electrons. The summed E-state index contributed by atoms with van der Waals surface area (Å²) in [4.78, 5) is 12.0. The summed E-state index contributed by atoms with van der Waals surface area (Å²) in [6, 6.07) is 7.98. The zero-order valence-corrected chi connectivity index (χ0v) is 13.6. The van der Waals surface area contributed by atoms with Gasteiger partial charge in [0, 0.05) is 5.69 Å². The van der Waals surface area contributed by atoms with Gasteiger partial charge < -0.3 is 20.7 Å². The summed E-state index contributed by atoms with van der Waals surface area (Å²) in [7, 11) is 0. The van der Waals surface area contributed by atoms with Crippen molar-refractivity contribution in [2.45, 2.75) is 12.1 Å². The Balaban J connectivity index is 1.63. The molecular weight excluding hydrogens is 330 g/mol. The summed E-state index contributed by atoms with van der Waals surface area (Å²) in [5.74, 6) is 7.21. The number of phenolic OH excluding ortho intramolecular Hbond substituents is 1. The van der Waals surface area contributed by atoms with Crippen LogP contribution in [0.15, 0.2) is 46.2 Å². The van der Waals surface area contributed by atoms with Crippen molar-refractivity contribution in [3.63, 3.8) is 0 Å². The Kier molecular flexibility index (Phi) is 4.43. The summed E-state index contributed by atoms with van der Waals surface area (Å²) in [5.41, 5.74) is 1.35. The maximum atomic E-state index is 12.0. The van der Waals surface area contributed by atoms with Crippen LogP contribution >= 0.6 is 11.8 Å². The molecule has 24 heavy (non-hydrogen) atoms. The van der Waals surface area contributed by atoms with Gasteiger partial charge in [0.05, 0.1) is 17.6 Å². The average molecular weight is 345 g/mol. The quantitative estimate of drug-likeness (QED) is 0.367. The second-order valence-corrected chi connectivity index (χ2v) is 5.89. The van der Waals surface area contributed by atoms with Crippen LogP contribution in [0.3, 0.4) is 0 Å². The van der Waals surface area contributed by atoms with Gasteiger partial charge >= 0.3 is 0 Å². The molecule has 0 aliphatic rings. The molecule has 3 rings (SSSR count). The lowest BCUT2D eigenvalue weighted by atomic mass is 10.2. The molecule has 0 atom stereocenters. The van der Waals surface area contributed by atoms with Gasteiger partial charge in [-0.15, -0.1) is 10.2 Å². The number of aryl methyl sites for hydroxylation is 1. The molecule has 4 N–H and O–H groups in total. The fourth-order valence-corrected chi connectivity index (χ4v) is 2.70. The van der Waals surface area contributed by atoms with Crippen LogP contribution in [0, 0.1) is 6.92 Å². The number of aromatic hydroxyl groups is 1. The first-order chi connectivity index (χ1) is 11.5. The molecule has 9 heteroatoms. The highest BCUT2D eigenvalue weighted by molar-refractivity contribution is 7.99. The first-order valence-corrected chi connectivity index (χ1v) is 8.00. The SMILES string of the molecule is Cc1occc1-c1nnc(SCC(=O)Nc2ccc(O)cc2)n1N. The van der Waals surface area contributed by atoms with Gasteiger partial charge in [-0.3, -0.25) is 4.79 Å². The van der Waals surface area contributed by atoms with Crippen molar-refractivity contribution in [1.82, 2.24) is 14.9 Å². The van der Waals surface area contributed by atoms with Crippen LogP contribution in [0.1, 0.15) is 5.76 Å². The Morgan fingerprint density at radius 2 is 2.08 bits per heavy atom. The van der Waals surface area contributed by atoms with Gasteiger partial charge in [0.25, 0.3) is 0 Å². The number of nitrogens with zero attached hydrogens (tertiary/aromatic N) is 3. The number of carbonyl (C=O) groups is 1. The molecule has 0 saturated carbocycles. The summed E-state index contributed by atoms with van der Waals surface area (Å²) >= 11 is 1.17. The third-order valence-electron chi connectivity index (χ3n) is 3.25. The predicted molar refractivity (Wildman–Crippen MR) is 90.1 cm³/mol. The molecule has 0 aliphatic carbocycles. The van der Waals surface area contributed by atoms with Crippen molar-refractivity contribution in [2.75, 3.05) is 16.9 Å². The summed E-state index contributed by atoms with van der Waals surface area (Å²) < 4.78 is 6.56. The van der Waals surface area contributed by atoms with Crippen LogP contribution in [0.25, 0.3) is 11.4 Å². The van der Waals surface area contributed by atoms with E-state index in [1.165, 1.54) is 28.6 Å². The number of thioether (sulfide) groups is 1. The van der Waals surface area contributed by atoms with E-state index in [9.17, 15) is 9.90 Å². The number of benzene rings is 1. The van der Waals surface area contributed by atoms with E-state index in [0.717, 1.165) is 5.56 Å². The van der Waals surface area contributed by atoms with Gasteiger partial charge in [-0.25, -0.2) is 4.68 Å². The number of nitrogens with one attached hydrogen (secondary N) is 1. The normalized spacial score (nSPS) is 10.7. The summed E-state index contributed by atoms with van der Waals surface area (Å²) in [6.45, 7) is 1.81. The molecule has 2 aromatic heterocycles. The standard InChI is InChI=1S/C15H15N5O3S/c1-9-12(6-7-23-9)14-18-19-15(20(14)16)24-8-13(22)17-10-2-4-11(21)5-3-10/h2-7,21H,8,16H2,1H3,(H,17,22). The lowest BCUT2D eigenvalue weighted by molar-refractivity contribution is -0.113. The fraction of sp³-hybridized carbons (Fsp3) is 0.133. The Labute approximate surface area is 141 Å². The molecule has 0 bridgehead atoms. The molecule has 2 heterocycles. The molecule has 1 aromatic carbocycles. The van der Waals surface area contributed by atoms with Gasteiger partial charge in [-0.1, -0.05) is 11.8 Å². The molecule has 0 saturated heterocycles. The lowest BCUT2D eigenvalue weighted by Crippen LogP contribution is -2.16. The smallest absolute Gasteiger partial charge is 0.234 e. The van der Waals surface area contributed by atoms with E-state index in [1.807, 2.05) is 6.92 Å². The molecule has 3 aromatic rings. The van der Waals surface area contributed by atoms with Crippen LogP contribution in [-0.4, -0.2) is 31.6 Å². The molecule has 1 amide bonds. The number of furan rings is 1. The van der Waals surface area contributed by atoms with E-state index >= 15 is 0 Å². The first-order valence-electron chi connectivity index (χ1n) is 7.01. The fourth-order valence-electron chi connectivity index (χ4n) is 2.05. The minimum atomic E-state index is -0.213. The Hall–Kier alpha value is -2.94. The topological polar surface area (TPSA) is 119 Å². The number of rotatable bonds is 5. The maximum absolute atomic E-state index is 12.0. The lowest BCUT2D eigenvalue weighted by Gasteiger charge is -2.05. The second-order valence-electron chi connectivity index (χ2n) is 4.95. The molecule has 124 valence electrons. The monoisotopic (exact) mass is 345 g/mol. The number of amides is 1. The van der Waals surface area contributed by atoms with Crippen LogP contribution in [0.2, 0.25) is 0 Å². The van der Waals surface area contributed by atoms with Crippen molar-refractivity contribution in [2.24, 2.45) is 0 Å². The zero-order chi connectivity index (χ0) is 17.1. The maximum Gasteiger partial charge on any atom is 0.234 e. The summed E-state index contributed by atoms with van der Waals surface area (Å²) in [5, 5.41) is 20.4. The van der Waals surface area contributed by atoms with Gasteiger partial charge in [0.1, 0.15) is 11.5 Å². The van der Waals surface area contributed by atoms with Crippen molar-refractivity contribution in [3.05, 3.63) is 42.4 Å². The number of carbonyl (C=O) groups excluding carboxylic acids is 1. The van der Waals surface area contributed by atoms with E-state index in [0.29, 0.717) is 22.4 Å². The number of nitrogen functional groups attached to an aromatic ring is 1. The number of aromatic nitrogens is 3. The van der Waals surface area contributed by atoms with Gasteiger partial charge in [0.15, 0.2) is 5.82 Å². The van der Waals surface area contributed by atoms with E-state index in [1.54, 1.807) is 24.5 Å². The van der Waals surface area contributed by atoms with Crippen LogP contribution < -0.4 is 11.2 Å². The Morgan fingerprint density at radius 3 is 2.75 bits per heavy atom. The third kappa shape index (κ3) is 3.35. The highest BCUT2D eigenvalue weighted by Crippen LogP contribution is 2.25. The van der Waals surface area contributed by atoms with E-state index < -0.39 is 0 Å². The zero-order valence-electron chi connectivity index (χ0n) is 12.8. The largest absolute Gasteiger partial charge is 0.508 e. The molecule has 0 fully saturated rings. The number of anilines is 1. The first kappa shape index (κ1) is 15.9. The molecule has 0 spiro atoms. The minimum absolute atomic E-state index is 0.126. The van der Waals surface area contributed by atoms with Crippen LogP contribution in [0.4, 0.5) is 5.69 Å². The minimum Gasteiger partial charge on any atom is -0.508 e. The van der Waals surface area contributed by atoms with Crippen molar-refractivity contribution in [1.29, 1.82) is 0 Å². The average Bonchev–Trinajstić information content (AvgIpc) is 3.13. The van der Waals surface area contributed by atoms with Gasteiger partial charge in [-0.2, -0.15) is 0 Å². The van der Waals surface area contributed by atoms with Crippen molar-refractivity contribution in [3.8, 4) is 17.1 Å². The van der Waals surface area contributed by atoms with Crippen LogP contribution in [-0.2, 0) is 4.79 Å². The van der Waals surface area contributed by atoms with E-state index in [-0.39, 0.29) is 17.4 Å². The van der Waals surface area contributed by atoms with Gasteiger partial charge in [0.2, 0.25) is 11.1 Å². The third-order valence-corrected chi connectivity index (χ3v) is 4.19. The second kappa shape index (κ2) is 6.67.